The number of alkyl halides is 3. The summed E-state index contributed by atoms with van der Waals surface area (Å²) in [6.45, 7) is 11.6. The lowest BCUT2D eigenvalue weighted by atomic mass is 9.90. The summed E-state index contributed by atoms with van der Waals surface area (Å²) in [5, 5.41) is 0. The van der Waals surface area contributed by atoms with Gasteiger partial charge in [-0.1, -0.05) is 20.8 Å². The molecule has 0 aromatic heterocycles. The summed E-state index contributed by atoms with van der Waals surface area (Å²) >= 11 is 0. The van der Waals surface area contributed by atoms with Gasteiger partial charge in [0.25, 0.3) is 0 Å². The number of rotatable bonds is 8. The number of esters is 1. The van der Waals surface area contributed by atoms with E-state index >= 15 is 0 Å². The zero-order valence-corrected chi connectivity index (χ0v) is 16.3. The van der Waals surface area contributed by atoms with Crippen molar-refractivity contribution >= 4 is 17.0 Å². The first-order valence-electron chi connectivity index (χ1n) is 8.15. The minimum Gasteiger partial charge on any atom is -0.462 e. The third-order valence-electron chi connectivity index (χ3n) is 3.47. The zero-order chi connectivity index (χ0) is 19.3. The normalized spacial score (nSPS) is 18.1. The molecule has 0 radical (unpaired) electrons. The highest BCUT2D eigenvalue weighted by atomic mass is 32.2. The first-order valence-corrected chi connectivity index (χ1v) is 9.30. The van der Waals surface area contributed by atoms with Crippen molar-refractivity contribution in [1.29, 1.82) is 0 Å². The molecule has 0 spiro atoms. The second kappa shape index (κ2) is 9.17. The standard InChI is InChI=1S/C16H30F3NO3S/c1-8-11(4)23-14(21)12(9-10(2)3)13(16(17,18)19)20-24(22)15(5,6)7/h10-13,20H,8-9H2,1-7H3/t11?,12-,13-,24-/m0/s1. The van der Waals surface area contributed by atoms with Gasteiger partial charge in [-0.2, -0.15) is 13.2 Å². The van der Waals surface area contributed by atoms with E-state index in [0.29, 0.717) is 6.42 Å². The number of carbonyl (C=O) groups excluding carboxylic acids is 1. The summed E-state index contributed by atoms with van der Waals surface area (Å²) in [5.41, 5.74) is 0. The van der Waals surface area contributed by atoms with E-state index in [9.17, 15) is 22.2 Å². The number of carbonyl (C=O) groups is 1. The molecule has 0 aromatic carbocycles. The largest absolute Gasteiger partial charge is 0.462 e. The van der Waals surface area contributed by atoms with Crippen LogP contribution in [0.2, 0.25) is 0 Å². The molecule has 144 valence electrons. The van der Waals surface area contributed by atoms with Crippen LogP contribution in [0.3, 0.4) is 0 Å². The molecule has 4 nitrogen and oxygen atoms in total. The highest BCUT2D eigenvalue weighted by molar-refractivity contribution is 7.84. The van der Waals surface area contributed by atoms with Crippen LogP contribution in [0.5, 0.6) is 0 Å². The zero-order valence-electron chi connectivity index (χ0n) is 15.5. The maximum absolute atomic E-state index is 13.5. The lowest BCUT2D eigenvalue weighted by molar-refractivity contribution is -0.182. The lowest BCUT2D eigenvalue weighted by Gasteiger charge is -2.32. The maximum Gasteiger partial charge on any atom is 0.405 e. The summed E-state index contributed by atoms with van der Waals surface area (Å²) < 4.78 is 59.2. The van der Waals surface area contributed by atoms with E-state index < -0.39 is 45.9 Å². The second-order valence-electron chi connectivity index (χ2n) is 7.41. The SMILES string of the molecule is CCC(C)OC(=O)[C@@H](CC(C)C)[C@H](N[S@@](=O)C(C)(C)C)C(F)(F)F. The van der Waals surface area contributed by atoms with Crippen molar-refractivity contribution < 1.29 is 26.9 Å². The molecular formula is C16H30F3NO3S. The average Bonchev–Trinajstić information content (AvgIpc) is 2.39. The van der Waals surface area contributed by atoms with Crippen molar-refractivity contribution in [1.82, 2.24) is 4.72 Å². The summed E-state index contributed by atoms with van der Waals surface area (Å²) in [5.74, 6) is -2.49. The van der Waals surface area contributed by atoms with Gasteiger partial charge in [0.05, 0.1) is 27.8 Å². The quantitative estimate of drug-likeness (QED) is 0.655. The molecular weight excluding hydrogens is 343 g/mol. The van der Waals surface area contributed by atoms with Crippen LogP contribution in [0, 0.1) is 11.8 Å². The Labute approximate surface area is 145 Å². The molecule has 0 aromatic rings. The summed E-state index contributed by atoms with van der Waals surface area (Å²) in [7, 11) is -1.96. The Kier molecular flexibility index (Phi) is 8.93. The Balaban J connectivity index is 5.58. The summed E-state index contributed by atoms with van der Waals surface area (Å²) in [6.07, 6.45) is -4.67. The van der Waals surface area contributed by atoms with Crippen LogP contribution in [0.4, 0.5) is 13.2 Å². The van der Waals surface area contributed by atoms with Gasteiger partial charge in [0.1, 0.15) is 6.04 Å². The van der Waals surface area contributed by atoms with E-state index in [2.05, 4.69) is 4.72 Å². The van der Waals surface area contributed by atoms with E-state index in [-0.39, 0.29) is 12.3 Å². The molecule has 0 bridgehead atoms. The highest BCUT2D eigenvalue weighted by Gasteiger charge is 2.50. The second-order valence-corrected chi connectivity index (χ2v) is 9.41. The van der Waals surface area contributed by atoms with E-state index in [0.717, 1.165) is 0 Å². The van der Waals surface area contributed by atoms with Crippen LogP contribution in [0.25, 0.3) is 0 Å². The molecule has 0 saturated carbocycles. The smallest absolute Gasteiger partial charge is 0.405 e. The van der Waals surface area contributed by atoms with E-state index in [4.69, 9.17) is 4.74 Å². The lowest BCUT2D eigenvalue weighted by Crippen LogP contribution is -2.54. The van der Waals surface area contributed by atoms with Crippen molar-refractivity contribution in [2.75, 3.05) is 0 Å². The molecule has 4 atom stereocenters. The number of hydrogen-bond donors (Lipinski definition) is 1. The maximum atomic E-state index is 13.5. The predicted molar refractivity (Wildman–Crippen MR) is 89.7 cm³/mol. The first kappa shape index (κ1) is 23.4. The molecule has 0 saturated heterocycles. The minimum atomic E-state index is -4.71. The van der Waals surface area contributed by atoms with Gasteiger partial charge in [0.2, 0.25) is 0 Å². The van der Waals surface area contributed by atoms with Gasteiger partial charge in [-0.25, -0.2) is 8.93 Å². The highest BCUT2D eigenvalue weighted by Crippen LogP contribution is 2.32. The molecule has 0 aliphatic rings. The van der Waals surface area contributed by atoms with Crippen molar-refractivity contribution in [3.8, 4) is 0 Å². The molecule has 0 aliphatic carbocycles. The van der Waals surface area contributed by atoms with Gasteiger partial charge in [-0.15, -0.1) is 0 Å². The third-order valence-corrected chi connectivity index (χ3v) is 5.05. The van der Waals surface area contributed by atoms with Crippen LogP contribution in [0.1, 0.15) is 61.3 Å². The van der Waals surface area contributed by atoms with Crippen LogP contribution in [-0.4, -0.2) is 33.2 Å². The number of ether oxygens (including phenoxy) is 1. The topological polar surface area (TPSA) is 55.4 Å². The Bertz CT molecular complexity index is 433. The average molecular weight is 373 g/mol. The van der Waals surface area contributed by atoms with Crippen LogP contribution in [-0.2, 0) is 20.5 Å². The molecule has 0 amide bonds. The van der Waals surface area contributed by atoms with Crippen molar-refractivity contribution in [2.24, 2.45) is 11.8 Å². The van der Waals surface area contributed by atoms with Crippen LogP contribution >= 0.6 is 0 Å². The van der Waals surface area contributed by atoms with E-state index in [1.165, 1.54) is 0 Å². The van der Waals surface area contributed by atoms with Crippen molar-refractivity contribution in [3.05, 3.63) is 0 Å². The van der Waals surface area contributed by atoms with Gasteiger partial charge >= 0.3 is 12.1 Å². The Morgan fingerprint density at radius 3 is 2.00 bits per heavy atom. The number of hydrogen-bond acceptors (Lipinski definition) is 3. The van der Waals surface area contributed by atoms with Gasteiger partial charge in [-0.05, 0) is 46.5 Å². The molecule has 0 heterocycles. The van der Waals surface area contributed by atoms with Crippen molar-refractivity contribution in [3.63, 3.8) is 0 Å². The molecule has 8 heteroatoms. The van der Waals surface area contributed by atoms with Gasteiger partial charge in [-0.3, -0.25) is 4.79 Å². The predicted octanol–water partition coefficient (Wildman–Crippen LogP) is 3.97. The van der Waals surface area contributed by atoms with Crippen LogP contribution < -0.4 is 4.72 Å². The van der Waals surface area contributed by atoms with E-state index in [1.807, 2.05) is 0 Å². The molecule has 0 rings (SSSR count). The Morgan fingerprint density at radius 1 is 1.17 bits per heavy atom. The van der Waals surface area contributed by atoms with Gasteiger partial charge < -0.3 is 4.74 Å². The molecule has 24 heavy (non-hydrogen) atoms. The first-order chi connectivity index (χ1) is 10.7. The van der Waals surface area contributed by atoms with Gasteiger partial charge in [0.15, 0.2) is 0 Å². The molecule has 1 unspecified atom stereocenters. The molecule has 1 N–H and O–H groups in total. The van der Waals surface area contributed by atoms with Crippen LogP contribution in [0.15, 0.2) is 0 Å². The number of nitrogens with one attached hydrogen (secondary N) is 1. The van der Waals surface area contributed by atoms with Crippen molar-refractivity contribution in [2.45, 2.75) is 84.4 Å². The number of halogens is 3. The fourth-order valence-electron chi connectivity index (χ4n) is 1.91. The fourth-order valence-corrected chi connectivity index (χ4v) is 2.80. The Hall–Kier alpha value is -0.630. The third kappa shape index (κ3) is 7.96. The van der Waals surface area contributed by atoms with Gasteiger partial charge in [0, 0.05) is 0 Å². The summed E-state index contributed by atoms with van der Waals surface area (Å²) in [6, 6.07) is -2.21. The fraction of sp³-hybridized carbons (Fsp3) is 0.938. The van der Waals surface area contributed by atoms with E-state index in [1.54, 1.807) is 48.5 Å². The monoisotopic (exact) mass is 373 g/mol. The summed E-state index contributed by atoms with van der Waals surface area (Å²) in [4.78, 5) is 12.3. The minimum absolute atomic E-state index is 0.00616. The molecule has 0 aliphatic heterocycles. The Morgan fingerprint density at radius 2 is 1.67 bits per heavy atom. The molecule has 0 fully saturated rings.